The molecule has 1 aliphatic heterocycles. The van der Waals surface area contributed by atoms with Gasteiger partial charge in [0.2, 0.25) is 5.91 Å². The molecule has 0 saturated heterocycles. The second-order valence-corrected chi connectivity index (χ2v) is 8.77. The third kappa shape index (κ3) is 3.80. The highest BCUT2D eigenvalue weighted by atomic mass is 32.2. The summed E-state index contributed by atoms with van der Waals surface area (Å²) in [6.07, 6.45) is 1.25. The van der Waals surface area contributed by atoms with Gasteiger partial charge in [-0.1, -0.05) is 48.2 Å². The number of thioether (sulfide) groups is 1. The lowest BCUT2D eigenvalue weighted by Crippen LogP contribution is -2.29. The summed E-state index contributed by atoms with van der Waals surface area (Å²) in [5, 5.41) is 1.09. The average molecular weight is 443 g/mol. The first-order valence-corrected chi connectivity index (χ1v) is 11.6. The highest BCUT2D eigenvalue weighted by molar-refractivity contribution is 7.99. The number of carbonyl (C=O) groups is 1. The predicted octanol–water partition coefficient (Wildman–Crippen LogP) is 4.16. The summed E-state index contributed by atoms with van der Waals surface area (Å²) in [5.41, 5.74) is 3.53. The van der Waals surface area contributed by atoms with E-state index in [1.54, 1.807) is 16.7 Å². The lowest BCUT2D eigenvalue weighted by atomic mass is 10.2. The molecule has 1 amide bonds. The molecule has 0 unspecified atom stereocenters. The van der Waals surface area contributed by atoms with E-state index in [4.69, 9.17) is 4.98 Å². The van der Waals surface area contributed by atoms with Gasteiger partial charge in [0.25, 0.3) is 5.56 Å². The Morgan fingerprint density at radius 2 is 1.81 bits per heavy atom. The molecular formula is C25H22N4O2S. The SMILES string of the molecule is Cc1cccc(-n2c(SCCC(=O)N3CCc4ccccc43)nc3ccccc3c2=O)n1. The smallest absolute Gasteiger partial charge is 0.267 e. The van der Waals surface area contributed by atoms with Gasteiger partial charge in [-0.2, -0.15) is 0 Å². The Morgan fingerprint density at radius 1 is 1.00 bits per heavy atom. The minimum atomic E-state index is -0.156. The van der Waals surface area contributed by atoms with Gasteiger partial charge in [-0.15, -0.1) is 0 Å². The fourth-order valence-electron chi connectivity index (χ4n) is 4.03. The van der Waals surface area contributed by atoms with Crippen LogP contribution < -0.4 is 10.5 Å². The Hall–Kier alpha value is -3.45. The minimum Gasteiger partial charge on any atom is -0.312 e. The number of fused-ring (bicyclic) bond motifs is 2. The zero-order valence-corrected chi connectivity index (χ0v) is 18.5. The van der Waals surface area contributed by atoms with E-state index in [0.29, 0.717) is 34.1 Å². The van der Waals surface area contributed by atoms with Crippen LogP contribution in [0.5, 0.6) is 0 Å². The van der Waals surface area contributed by atoms with Crippen LogP contribution in [0.15, 0.2) is 76.7 Å². The summed E-state index contributed by atoms with van der Waals surface area (Å²) < 4.78 is 1.55. The number of nitrogens with zero attached hydrogens (tertiary/aromatic N) is 4. The van der Waals surface area contributed by atoms with Gasteiger partial charge in [0.1, 0.15) is 5.82 Å². The topological polar surface area (TPSA) is 68.1 Å². The number of hydrogen-bond acceptors (Lipinski definition) is 5. The van der Waals surface area contributed by atoms with E-state index in [0.717, 1.165) is 24.3 Å². The number of pyridine rings is 1. The molecule has 6 nitrogen and oxygen atoms in total. The molecule has 0 saturated carbocycles. The first kappa shape index (κ1) is 20.5. The predicted molar refractivity (Wildman–Crippen MR) is 128 cm³/mol. The molecule has 0 N–H and O–H groups in total. The van der Waals surface area contributed by atoms with Crippen LogP contribution in [0, 0.1) is 6.92 Å². The third-order valence-electron chi connectivity index (χ3n) is 5.58. The van der Waals surface area contributed by atoms with Crippen molar-refractivity contribution in [2.24, 2.45) is 0 Å². The van der Waals surface area contributed by atoms with Gasteiger partial charge in [-0.3, -0.25) is 9.59 Å². The van der Waals surface area contributed by atoms with Crippen LogP contribution in [0.25, 0.3) is 16.7 Å². The van der Waals surface area contributed by atoms with Crippen LogP contribution in [-0.4, -0.2) is 32.7 Å². The van der Waals surface area contributed by atoms with E-state index in [1.807, 2.05) is 60.4 Å². The number of benzene rings is 2. The summed E-state index contributed by atoms with van der Waals surface area (Å²) in [6.45, 7) is 2.61. The molecule has 0 spiro atoms. The van der Waals surface area contributed by atoms with Crippen molar-refractivity contribution in [3.05, 3.63) is 88.3 Å². The van der Waals surface area contributed by atoms with Gasteiger partial charge in [0, 0.05) is 30.1 Å². The van der Waals surface area contributed by atoms with Crippen molar-refractivity contribution in [3.63, 3.8) is 0 Å². The van der Waals surface area contributed by atoms with E-state index in [-0.39, 0.29) is 11.5 Å². The minimum absolute atomic E-state index is 0.0887. The van der Waals surface area contributed by atoms with Crippen molar-refractivity contribution in [1.82, 2.24) is 14.5 Å². The highest BCUT2D eigenvalue weighted by Gasteiger charge is 2.24. The molecule has 2 aromatic heterocycles. The molecule has 0 fully saturated rings. The van der Waals surface area contributed by atoms with E-state index in [2.05, 4.69) is 11.1 Å². The number of carbonyl (C=O) groups excluding carboxylic acids is 1. The van der Waals surface area contributed by atoms with Gasteiger partial charge < -0.3 is 4.90 Å². The number of rotatable bonds is 5. The number of aryl methyl sites for hydroxylation is 1. The molecule has 0 aliphatic carbocycles. The second-order valence-electron chi connectivity index (χ2n) is 7.71. The zero-order valence-electron chi connectivity index (χ0n) is 17.7. The Bertz CT molecular complexity index is 1380. The Labute approximate surface area is 189 Å². The fraction of sp³-hybridized carbons (Fsp3) is 0.200. The zero-order chi connectivity index (χ0) is 22.1. The van der Waals surface area contributed by atoms with Crippen LogP contribution in [0.3, 0.4) is 0 Å². The Kier molecular flexibility index (Phi) is 5.49. The van der Waals surface area contributed by atoms with E-state index >= 15 is 0 Å². The molecule has 7 heteroatoms. The molecule has 2 aromatic carbocycles. The fourth-order valence-corrected chi connectivity index (χ4v) is 4.95. The van der Waals surface area contributed by atoms with Crippen LogP contribution in [0.1, 0.15) is 17.7 Å². The molecule has 4 aromatic rings. The van der Waals surface area contributed by atoms with Gasteiger partial charge in [0.15, 0.2) is 5.16 Å². The van der Waals surface area contributed by atoms with Crippen molar-refractivity contribution in [3.8, 4) is 5.82 Å². The average Bonchev–Trinajstić information content (AvgIpc) is 3.23. The second kappa shape index (κ2) is 8.59. The monoisotopic (exact) mass is 442 g/mol. The maximum atomic E-state index is 13.3. The molecule has 1 aliphatic rings. The summed E-state index contributed by atoms with van der Waals surface area (Å²) >= 11 is 1.41. The summed E-state index contributed by atoms with van der Waals surface area (Å²) in [7, 11) is 0. The third-order valence-corrected chi connectivity index (χ3v) is 6.52. The summed E-state index contributed by atoms with van der Waals surface area (Å²) in [4.78, 5) is 37.3. The maximum Gasteiger partial charge on any atom is 0.267 e. The number of aromatic nitrogens is 3. The number of anilines is 1. The normalized spacial score (nSPS) is 12.8. The number of para-hydroxylation sites is 2. The lowest BCUT2D eigenvalue weighted by Gasteiger charge is -2.17. The van der Waals surface area contributed by atoms with Crippen LogP contribution in [0.2, 0.25) is 0 Å². The molecule has 160 valence electrons. The van der Waals surface area contributed by atoms with Gasteiger partial charge in [-0.05, 0) is 49.2 Å². The Balaban J connectivity index is 1.42. The first-order valence-electron chi connectivity index (χ1n) is 10.6. The van der Waals surface area contributed by atoms with Crippen LogP contribution >= 0.6 is 11.8 Å². The van der Waals surface area contributed by atoms with E-state index < -0.39 is 0 Å². The molecular weight excluding hydrogens is 420 g/mol. The van der Waals surface area contributed by atoms with Gasteiger partial charge in [0.05, 0.1) is 10.9 Å². The quantitative estimate of drug-likeness (QED) is 0.343. The molecule has 3 heterocycles. The van der Waals surface area contributed by atoms with E-state index in [1.165, 1.54) is 17.3 Å². The molecule has 32 heavy (non-hydrogen) atoms. The van der Waals surface area contributed by atoms with Crippen LogP contribution in [0.4, 0.5) is 5.69 Å². The summed E-state index contributed by atoms with van der Waals surface area (Å²) in [6, 6.07) is 20.9. The van der Waals surface area contributed by atoms with Crippen molar-refractivity contribution in [2.75, 3.05) is 17.2 Å². The van der Waals surface area contributed by atoms with Crippen molar-refractivity contribution in [1.29, 1.82) is 0 Å². The Morgan fingerprint density at radius 3 is 2.69 bits per heavy atom. The van der Waals surface area contributed by atoms with E-state index in [9.17, 15) is 9.59 Å². The summed E-state index contributed by atoms with van der Waals surface area (Å²) in [5.74, 6) is 1.15. The van der Waals surface area contributed by atoms with Gasteiger partial charge >= 0.3 is 0 Å². The lowest BCUT2D eigenvalue weighted by molar-refractivity contribution is -0.118. The largest absolute Gasteiger partial charge is 0.312 e. The molecule has 5 rings (SSSR count). The maximum absolute atomic E-state index is 13.3. The van der Waals surface area contributed by atoms with Crippen LogP contribution in [-0.2, 0) is 11.2 Å². The molecule has 0 atom stereocenters. The molecule has 0 radical (unpaired) electrons. The highest BCUT2D eigenvalue weighted by Crippen LogP contribution is 2.29. The van der Waals surface area contributed by atoms with Crippen molar-refractivity contribution < 1.29 is 4.79 Å². The number of amides is 1. The van der Waals surface area contributed by atoms with Crippen molar-refractivity contribution >= 4 is 34.3 Å². The standard InChI is InChI=1S/C25H22N4O2S/c1-17-7-6-12-22(26-17)29-24(31)19-9-3-4-10-20(19)27-25(29)32-16-14-23(30)28-15-13-18-8-2-5-11-21(18)28/h2-12H,13-16H2,1H3. The number of hydrogen-bond donors (Lipinski definition) is 0. The first-order chi connectivity index (χ1) is 15.6. The van der Waals surface area contributed by atoms with Gasteiger partial charge in [-0.25, -0.2) is 14.5 Å². The van der Waals surface area contributed by atoms with Crippen molar-refractivity contribution in [2.45, 2.75) is 24.9 Å². The molecule has 0 bridgehead atoms.